The van der Waals surface area contributed by atoms with Crippen LogP contribution in [-0.2, 0) is 0 Å². The molecule has 268 valence electrons. The molecule has 0 saturated carbocycles. The van der Waals surface area contributed by atoms with E-state index in [1.807, 2.05) is 31.2 Å². The highest BCUT2D eigenvalue weighted by atomic mass is 35.5. The summed E-state index contributed by atoms with van der Waals surface area (Å²) in [7, 11) is 0. The van der Waals surface area contributed by atoms with E-state index in [9.17, 15) is 9.59 Å². The number of carbonyl (C=O) groups is 2. The normalized spacial score (nSPS) is 10.9. The fourth-order valence-corrected chi connectivity index (χ4v) is 7.01. The van der Waals surface area contributed by atoms with E-state index in [4.69, 9.17) is 58.0 Å². The predicted octanol–water partition coefficient (Wildman–Crippen LogP) is 12.5. The van der Waals surface area contributed by atoms with Crippen LogP contribution in [0.5, 0.6) is 0 Å². The lowest BCUT2D eigenvalue weighted by molar-refractivity contribution is 0.101. The van der Waals surface area contributed by atoms with Crippen LogP contribution in [0.1, 0.15) is 26.3 Å². The lowest BCUT2D eigenvalue weighted by Crippen LogP contribution is -2.12. The molecule has 2 heterocycles. The largest absolute Gasteiger partial charge is 0.338 e. The Labute approximate surface area is 334 Å². The Morgan fingerprint density at radius 2 is 1.02 bits per heavy atom. The fraction of sp³-hybridized carbons (Fsp3) is 0.0244. The minimum atomic E-state index is -0.244. The van der Waals surface area contributed by atoms with Gasteiger partial charge in [-0.2, -0.15) is 0 Å². The molecule has 8 rings (SSSR count). The van der Waals surface area contributed by atoms with Crippen molar-refractivity contribution in [3.63, 3.8) is 0 Å². The van der Waals surface area contributed by atoms with Crippen LogP contribution in [0.4, 0.5) is 11.4 Å². The Bertz CT molecular complexity index is 2670. The third-order valence-electron chi connectivity index (χ3n) is 8.36. The lowest BCUT2D eigenvalue weighted by atomic mass is 10.1. The van der Waals surface area contributed by atoms with Gasteiger partial charge >= 0.3 is 0 Å². The average molecular weight is 813 g/mol. The Kier molecular flexibility index (Phi) is 10.9. The van der Waals surface area contributed by atoms with Gasteiger partial charge in [0.1, 0.15) is 11.6 Å². The van der Waals surface area contributed by atoms with Crippen molar-refractivity contribution < 1.29 is 9.59 Å². The summed E-state index contributed by atoms with van der Waals surface area (Å²) in [6.07, 6.45) is 0. The van der Waals surface area contributed by atoms with Crippen molar-refractivity contribution in [1.29, 1.82) is 0 Å². The van der Waals surface area contributed by atoms with E-state index < -0.39 is 0 Å². The van der Waals surface area contributed by atoms with Crippen molar-refractivity contribution in [3.8, 4) is 22.8 Å². The summed E-state index contributed by atoms with van der Waals surface area (Å²) in [5.74, 6) is 0.689. The first-order valence-corrected chi connectivity index (χ1v) is 18.3. The number of hydrogen-bond acceptors (Lipinski definition) is 4. The minimum absolute atomic E-state index is 0.182. The third kappa shape index (κ3) is 8.09. The van der Waals surface area contributed by atoms with Crippen molar-refractivity contribution >= 4 is 103 Å². The summed E-state index contributed by atoms with van der Waals surface area (Å²) in [6, 6.07) is 35.7. The van der Waals surface area contributed by atoms with E-state index in [2.05, 4.69) is 30.6 Å². The van der Waals surface area contributed by atoms with Gasteiger partial charge in [-0.3, -0.25) is 9.59 Å². The number of halogens is 5. The highest BCUT2D eigenvalue weighted by molar-refractivity contribution is 6.39. The van der Waals surface area contributed by atoms with Crippen LogP contribution in [0.3, 0.4) is 0 Å². The van der Waals surface area contributed by atoms with Crippen LogP contribution in [-0.4, -0.2) is 31.8 Å². The second-order valence-corrected chi connectivity index (χ2v) is 14.1. The van der Waals surface area contributed by atoms with Crippen molar-refractivity contribution in [1.82, 2.24) is 19.9 Å². The van der Waals surface area contributed by atoms with Crippen LogP contribution >= 0.6 is 58.0 Å². The van der Waals surface area contributed by atoms with E-state index in [-0.39, 0.29) is 11.8 Å². The van der Waals surface area contributed by atoms with Gasteiger partial charge in [0.2, 0.25) is 0 Å². The maximum Gasteiger partial charge on any atom is 0.255 e. The monoisotopic (exact) mass is 810 g/mol. The zero-order chi connectivity index (χ0) is 37.9. The molecule has 0 radical (unpaired) electrons. The molecule has 6 aromatic carbocycles. The van der Waals surface area contributed by atoms with Crippen LogP contribution in [0.25, 0.3) is 44.8 Å². The molecule has 0 atom stereocenters. The standard InChI is InChI=1S/C21H15Cl2N3O.C20H12Cl3N3O/c1-12-5-2-3-8-16(12)26-21(27)13-9-10-17-18(11-13)25-20(24-17)19-14(22)6-4-7-15(19)23;21-12-3-1-4-13(10-12)24-20(27)11-7-8-16-17(9-11)26-19(25-16)18-14(22)5-2-6-15(18)23/h2-11H,1H3,(H,24,25)(H,26,27);1-10H,(H,24,27)(H,25,26). The molecular weight excluding hydrogens is 786 g/mol. The SMILES string of the molecule is Cc1ccccc1NC(=O)c1ccc2nc(-c3c(Cl)cccc3Cl)[nH]c2c1.O=C(Nc1cccc(Cl)c1)c1ccc2nc(-c3c(Cl)cccc3Cl)[nH]c2c1. The summed E-state index contributed by atoms with van der Waals surface area (Å²) >= 11 is 31.0. The fourth-order valence-electron chi connectivity index (χ4n) is 5.66. The molecule has 2 aromatic heterocycles. The molecule has 0 fully saturated rings. The number of rotatable bonds is 6. The Balaban J connectivity index is 0.000000167. The minimum Gasteiger partial charge on any atom is -0.338 e. The van der Waals surface area contributed by atoms with Gasteiger partial charge in [-0.15, -0.1) is 0 Å². The zero-order valence-electron chi connectivity index (χ0n) is 28.1. The Hall–Kier alpha value is -5.35. The maximum atomic E-state index is 12.6. The first kappa shape index (κ1) is 37.0. The van der Waals surface area contributed by atoms with Gasteiger partial charge in [0, 0.05) is 27.5 Å². The number of H-pyrrole nitrogens is 2. The van der Waals surface area contributed by atoms with Crippen molar-refractivity contribution in [3.05, 3.63) is 163 Å². The van der Waals surface area contributed by atoms with Gasteiger partial charge in [0.15, 0.2) is 0 Å². The molecule has 0 aliphatic heterocycles. The van der Waals surface area contributed by atoms with Gasteiger partial charge in [-0.1, -0.05) is 94.4 Å². The van der Waals surface area contributed by atoms with E-state index in [0.29, 0.717) is 75.7 Å². The second-order valence-electron chi connectivity index (χ2n) is 12.1. The molecule has 4 N–H and O–H groups in total. The summed E-state index contributed by atoms with van der Waals surface area (Å²) in [5.41, 5.74) is 7.59. The number of carbonyl (C=O) groups excluding carboxylic acids is 2. The zero-order valence-corrected chi connectivity index (χ0v) is 31.9. The number of aromatic amines is 2. The highest BCUT2D eigenvalue weighted by Gasteiger charge is 2.16. The number of anilines is 2. The number of nitrogens with one attached hydrogen (secondary N) is 4. The van der Waals surface area contributed by atoms with E-state index in [1.54, 1.807) is 97.1 Å². The van der Waals surface area contributed by atoms with E-state index in [0.717, 1.165) is 22.3 Å². The lowest BCUT2D eigenvalue weighted by Gasteiger charge is -2.07. The second kappa shape index (κ2) is 15.9. The van der Waals surface area contributed by atoms with Gasteiger partial charge in [-0.25, -0.2) is 9.97 Å². The number of imidazole rings is 2. The van der Waals surface area contributed by atoms with Crippen LogP contribution in [0.15, 0.2) is 121 Å². The molecule has 54 heavy (non-hydrogen) atoms. The van der Waals surface area contributed by atoms with Gasteiger partial charge in [0.05, 0.1) is 53.3 Å². The number of hydrogen-bond donors (Lipinski definition) is 4. The average Bonchev–Trinajstić information content (AvgIpc) is 3.76. The molecule has 0 aliphatic rings. The molecular formula is C41H27Cl5N6O2. The van der Waals surface area contributed by atoms with E-state index in [1.165, 1.54) is 0 Å². The molecule has 0 bridgehead atoms. The summed E-state index contributed by atoms with van der Waals surface area (Å²) in [4.78, 5) is 40.6. The number of para-hydroxylation sites is 1. The molecule has 8 nitrogen and oxygen atoms in total. The van der Waals surface area contributed by atoms with Crippen LogP contribution < -0.4 is 10.6 Å². The van der Waals surface area contributed by atoms with Gasteiger partial charge in [-0.05, 0) is 97.4 Å². The van der Waals surface area contributed by atoms with Crippen molar-refractivity contribution in [2.45, 2.75) is 6.92 Å². The van der Waals surface area contributed by atoms with Crippen molar-refractivity contribution in [2.24, 2.45) is 0 Å². The molecule has 13 heteroatoms. The molecule has 0 aliphatic carbocycles. The third-order valence-corrected chi connectivity index (χ3v) is 9.86. The summed E-state index contributed by atoms with van der Waals surface area (Å²) < 4.78 is 0. The summed E-state index contributed by atoms with van der Waals surface area (Å²) in [5, 5.41) is 8.33. The van der Waals surface area contributed by atoms with Crippen molar-refractivity contribution in [2.75, 3.05) is 10.6 Å². The summed E-state index contributed by atoms with van der Waals surface area (Å²) in [6.45, 7) is 1.95. The number of aromatic nitrogens is 4. The Morgan fingerprint density at radius 1 is 0.537 bits per heavy atom. The number of amides is 2. The molecule has 8 aromatic rings. The van der Waals surface area contributed by atoms with Gasteiger partial charge in [0.25, 0.3) is 11.8 Å². The quantitative estimate of drug-likeness (QED) is 0.134. The first-order chi connectivity index (χ1) is 26.0. The first-order valence-electron chi connectivity index (χ1n) is 16.4. The Morgan fingerprint density at radius 3 is 1.52 bits per heavy atom. The maximum absolute atomic E-state index is 12.6. The molecule has 0 unspecified atom stereocenters. The van der Waals surface area contributed by atoms with Gasteiger partial charge < -0.3 is 20.6 Å². The van der Waals surface area contributed by atoms with Crippen LogP contribution in [0, 0.1) is 6.92 Å². The van der Waals surface area contributed by atoms with E-state index >= 15 is 0 Å². The number of benzene rings is 6. The molecule has 0 spiro atoms. The smallest absolute Gasteiger partial charge is 0.255 e. The number of nitrogens with zero attached hydrogens (tertiary/aromatic N) is 2. The van der Waals surface area contributed by atoms with Crippen LogP contribution in [0.2, 0.25) is 25.1 Å². The molecule has 0 saturated heterocycles. The number of aryl methyl sites for hydroxylation is 1. The number of fused-ring (bicyclic) bond motifs is 2. The highest BCUT2D eigenvalue weighted by Crippen LogP contribution is 2.35. The predicted molar refractivity (Wildman–Crippen MR) is 222 cm³/mol. The molecule has 2 amide bonds. The topological polar surface area (TPSA) is 116 Å².